The van der Waals surface area contributed by atoms with Gasteiger partial charge in [-0.05, 0) is 67.8 Å². The van der Waals surface area contributed by atoms with Crippen molar-refractivity contribution in [1.29, 1.82) is 0 Å². The summed E-state index contributed by atoms with van der Waals surface area (Å²) in [6.45, 7) is 3.88. The zero-order valence-corrected chi connectivity index (χ0v) is 19.1. The Balaban J connectivity index is 1.38. The van der Waals surface area contributed by atoms with Crippen LogP contribution < -0.4 is 14.2 Å². The smallest absolute Gasteiger partial charge is 0.147 e. The number of ether oxygens (including phenoxy) is 3. The number of unbranched alkanes of at least 4 members (excludes halogenated alkanes) is 1. The van der Waals surface area contributed by atoms with E-state index in [1.165, 1.54) is 0 Å². The Kier molecular flexibility index (Phi) is 7.17. The van der Waals surface area contributed by atoms with Crippen LogP contribution in [0.4, 0.5) is 0 Å². The Morgan fingerprint density at radius 3 is 2.53 bits per heavy atom. The number of imidazole rings is 1. The van der Waals surface area contributed by atoms with Crippen molar-refractivity contribution < 1.29 is 14.2 Å². The van der Waals surface area contributed by atoms with E-state index in [2.05, 4.69) is 10.6 Å². The molecule has 0 saturated carbocycles. The molecule has 0 atom stereocenters. The summed E-state index contributed by atoms with van der Waals surface area (Å²) >= 11 is 6.08. The number of benzene rings is 3. The van der Waals surface area contributed by atoms with Gasteiger partial charge in [0.2, 0.25) is 0 Å². The average molecular weight is 451 g/mol. The van der Waals surface area contributed by atoms with E-state index in [1.807, 2.05) is 67.6 Å². The number of para-hydroxylation sites is 2. The third-order valence-electron chi connectivity index (χ3n) is 5.32. The van der Waals surface area contributed by atoms with Crippen molar-refractivity contribution in [3.8, 4) is 17.2 Å². The summed E-state index contributed by atoms with van der Waals surface area (Å²) in [6, 6.07) is 21.6. The molecule has 0 amide bonds. The highest BCUT2D eigenvalue weighted by molar-refractivity contribution is 6.31. The molecule has 0 saturated heterocycles. The quantitative estimate of drug-likeness (QED) is 0.260. The minimum atomic E-state index is 0.391. The summed E-state index contributed by atoms with van der Waals surface area (Å²) in [7, 11) is 1.65. The Labute approximate surface area is 193 Å². The molecule has 0 bridgehead atoms. The van der Waals surface area contributed by atoms with Crippen molar-refractivity contribution in [3.63, 3.8) is 0 Å². The van der Waals surface area contributed by atoms with E-state index in [1.54, 1.807) is 7.11 Å². The fourth-order valence-electron chi connectivity index (χ4n) is 3.59. The maximum absolute atomic E-state index is 6.08. The molecule has 6 heteroatoms. The Morgan fingerprint density at radius 2 is 1.69 bits per heavy atom. The van der Waals surface area contributed by atoms with Gasteiger partial charge in [0.1, 0.15) is 29.7 Å². The molecule has 4 aromatic rings. The number of fused-ring (bicyclic) bond motifs is 1. The van der Waals surface area contributed by atoms with Crippen molar-refractivity contribution in [2.75, 3.05) is 13.7 Å². The van der Waals surface area contributed by atoms with Gasteiger partial charge in [0, 0.05) is 17.6 Å². The van der Waals surface area contributed by atoms with Crippen LogP contribution in [0.15, 0.2) is 66.7 Å². The molecule has 1 aromatic heterocycles. The van der Waals surface area contributed by atoms with Crippen LogP contribution in [-0.2, 0) is 13.2 Å². The highest BCUT2D eigenvalue weighted by Gasteiger charge is 2.11. The number of methoxy groups -OCH3 is 1. The first-order chi connectivity index (χ1) is 15.6. The maximum atomic E-state index is 6.08. The second-order valence-electron chi connectivity index (χ2n) is 7.60. The Bertz CT molecular complexity index is 1190. The van der Waals surface area contributed by atoms with Gasteiger partial charge in [0.05, 0.1) is 24.8 Å². The van der Waals surface area contributed by atoms with E-state index < -0.39 is 0 Å². The largest absolute Gasteiger partial charge is 0.497 e. The molecule has 0 fully saturated rings. The van der Waals surface area contributed by atoms with Gasteiger partial charge in [-0.2, -0.15) is 0 Å². The molecule has 0 radical (unpaired) electrons. The van der Waals surface area contributed by atoms with Crippen LogP contribution in [0.2, 0.25) is 5.02 Å². The third-order valence-corrected chi connectivity index (χ3v) is 5.74. The predicted octanol–water partition coefficient (Wildman–Crippen LogP) is 6.44. The molecule has 5 nitrogen and oxygen atoms in total. The second-order valence-corrected chi connectivity index (χ2v) is 8.01. The van der Waals surface area contributed by atoms with Gasteiger partial charge in [-0.15, -0.1) is 0 Å². The molecule has 1 heterocycles. The van der Waals surface area contributed by atoms with Gasteiger partial charge < -0.3 is 18.8 Å². The van der Waals surface area contributed by atoms with Crippen LogP contribution in [0.3, 0.4) is 0 Å². The average Bonchev–Trinajstić information content (AvgIpc) is 3.17. The third kappa shape index (κ3) is 5.35. The highest BCUT2D eigenvalue weighted by atomic mass is 35.5. The molecular formula is C26H27ClN2O3. The molecule has 0 N–H and O–H groups in total. The SMILES string of the molecule is COc1cccc(OCc2nc3ccccc3n2CCCCOc2ccc(Cl)c(C)c2)c1. The first kappa shape index (κ1) is 22.0. The Morgan fingerprint density at radius 1 is 0.875 bits per heavy atom. The summed E-state index contributed by atoms with van der Waals surface area (Å²) in [5.41, 5.74) is 3.12. The lowest BCUT2D eigenvalue weighted by atomic mass is 10.2. The lowest BCUT2D eigenvalue weighted by Gasteiger charge is -2.12. The van der Waals surface area contributed by atoms with Crippen LogP contribution >= 0.6 is 11.6 Å². The molecule has 3 aromatic carbocycles. The van der Waals surface area contributed by atoms with Crippen molar-refractivity contribution in [2.24, 2.45) is 0 Å². The van der Waals surface area contributed by atoms with Crippen molar-refractivity contribution in [2.45, 2.75) is 32.9 Å². The standard InChI is InChI=1S/C26H27ClN2O3/c1-19-16-22(12-13-23(19)27)31-15-6-5-14-29-25-11-4-3-10-24(25)28-26(29)18-32-21-9-7-8-20(17-21)30-2/h3-4,7-13,16-17H,5-6,14-15,18H2,1-2H3. The normalized spacial score (nSPS) is 11.0. The molecule has 4 rings (SSSR count). The van der Waals surface area contributed by atoms with E-state index in [0.717, 1.165) is 64.1 Å². The van der Waals surface area contributed by atoms with Gasteiger partial charge in [0.25, 0.3) is 0 Å². The minimum Gasteiger partial charge on any atom is -0.497 e. The zero-order valence-electron chi connectivity index (χ0n) is 18.4. The van der Waals surface area contributed by atoms with Gasteiger partial charge in [-0.25, -0.2) is 4.98 Å². The van der Waals surface area contributed by atoms with Crippen molar-refractivity contribution in [3.05, 3.63) is 83.1 Å². The topological polar surface area (TPSA) is 45.5 Å². The molecule has 0 aliphatic carbocycles. The summed E-state index contributed by atoms with van der Waals surface area (Å²) in [5, 5.41) is 0.757. The van der Waals surface area contributed by atoms with Crippen molar-refractivity contribution >= 4 is 22.6 Å². The number of nitrogens with zero attached hydrogens (tertiary/aromatic N) is 2. The lowest BCUT2D eigenvalue weighted by Crippen LogP contribution is -2.09. The van der Waals surface area contributed by atoms with Crippen LogP contribution in [0, 0.1) is 6.92 Å². The van der Waals surface area contributed by atoms with Gasteiger partial charge in [-0.3, -0.25) is 0 Å². The molecular weight excluding hydrogens is 424 g/mol. The number of aryl methyl sites for hydroxylation is 2. The minimum absolute atomic E-state index is 0.391. The van der Waals surface area contributed by atoms with Crippen LogP contribution in [0.25, 0.3) is 11.0 Å². The zero-order chi connectivity index (χ0) is 22.3. The predicted molar refractivity (Wildman–Crippen MR) is 128 cm³/mol. The maximum Gasteiger partial charge on any atom is 0.147 e. The second kappa shape index (κ2) is 10.4. The summed E-state index contributed by atoms with van der Waals surface area (Å²) < 4.78 is 19.4. The van der Waals surface area contributed by atoms with E-state index in [-0.39, 0.29) is 0 Å². The molecule has 0 spiro atoms. The molecule has 0 aliphatic rings. The van der Waals surface area contributed by atoms with Gasteiger partial charge in [-0.1, -0.05) is 29.8 Å². The fourth-order valence-corrected chi connectivity index (χ4v) is 3.71. The van der Waals surface area contributed by atoms with E-state index >= 15 is 0 Å². The number of hydrogen-bond acceptors (Lipinski definition) is 4. The first-order valence-electron chi connectivity index (χ1n) is 10.7. The molecule has 0 unspecified atom stereocenters. The fraction of sp³-hybridized carbons (Fsp3) is 0.269. The summed E-state index contributed by atoms with van der Waals surface area (Å²) in [6.07, 6.45) is 1.91. The van der Waals surface area contributed by atoms with Gasteiger partial charge in [0.15, 0.2) is 0 Å². The first-order valence-corrected chi connectivity index (χ1v) is 11.1. The monoisotopic (exact) mass is 450 g/mol. The molecule has 0 aliphatic heterocycles. The van der Waals surface area contributed by atoms with Gasteiger partial charge >= 0.3 is 0 Å². The van der Waals surface area contributed by atoms with E-state index in [0.29, 0.717) is 13.2 Å². The van der Waals surface area contributed by atoms with Crippen LogP contribution in [0.5, 0.6) is 17.2 Å². The summed E-state index contributed by atoms with van der Waals surface area (Å²) in [4.78, 5) is 4.80. The van der Waals surface area contributed by atoms with Crippen LogP contribution in [0.1, 0.15) is 24.2 Å². The van der Waals surface area contributed by atoms with E-state index in [9.17, 15) is 0 Å². The highest BCUT2D eigenvalue weighted by Crippen LogP contribution is 2.23. The Hall–Kier alpha value is -3.18. The van der Waals surface area contributed by atoms with Crippen molar-refractivity contribution in [1.82, 2.24) is 9.55 Å². The number of rotatable bonds is 10. The molecule has 32 heavy (non-hydrogen) atoms. The van der Waals surface area contributed by atoms with E-state index in [4.69, 9.17) is 30.8 Å². The van der Waals surface area contributed by atoms with Crippen LogP contribution in [-0.4, -0.2) is 23.3 Å². The number of aromatic nitrogens is 2. The number of hydrogen-bond donors (Lipinski definition) is 0. The summed E-state index contributed by atoms with van der Waals surface area (Å²) in [5.74, 6) is 3.29. The number of halogens is 1. The lowest BCUT2D eigenvalue weighted by molar-refractivity contribution is 0.283. The molecule has 166 valence electrons.